The quantitative estimate of drug-likeness (QED) is 0.758. The molecule has 2 unspecified atom stereocenters. The third-order valence-electron chi connectivity index (χ3n) is 3.37. The molecular formula is C12H18N2O3S. The lowest BCUT2D eigenvalue weighted by molar-refractivity contribution is 0.138. The largest absolute Gasteiger partial charge is 0.393 e. The number of anilines is 1. The van der Waals surface area contributed by atoms with Crippen LogP contribution in [0.25, 0.3) is 0 Å². The Kier molecular flexibility index (Phi) is 3.89. The molecule has 0 aliphatic heterocycles. The van der Waals surface area contributed by atoms with Gasteiger partial charge in [0.1, 0.15) is 0 Å². The molecule has 2 rings (SSSR count). The summed E-state index contributed by atoms with van der Waals surface area (Å²) in [6, 6.07) is 6.31. The number of rotatable bonds is 4. The molecule has 0 amide bonds. The Labute approximate surface area is 107 Å². The molecule has 1 aliphatic carbocycles. The van der Waals surface area contributed by atoms with E-state index in [0.717, 1.165) is 24.9 Å². The number of aliphatic hydroxyl groups excluding tert-OH is 1. The molecule has 0 heterocycles. The molecule has 1 fully saturated rings. The number of primary sulfonamides is 1. The van der Waals surface area contributed by atoms with Crippen LogP contribution in [0.2, 0.25) is 0 Å². The number of aliphatic hydroxyl groups is 1. The summed E-state index contributed by atoms with van der Waals surface area (Å²) in [5.74, 6) is 0.280. The van der Waals surface area contributed by atoms with Crippen molar-refractivity contribution in [2.45, 2.75) is 30.3 Å². The normalized spacial score (nSPS) is 24.1. The van der Waals surface area contributed by atoms with Gasteiger partial charge in [-0.2, -0.15) is 0 Å². The zero-order valence-electron chi connectivity index (χ0n) is 10.0. The summed E-state index contributed by atoms with van der Waals surface area (Å²) in [4.78, 5) is 0.106. The van der Waals surface area contributed by atoms with E-state index < -0.39 is 10.0 Å². The van der Waals surface area contributed by atoms with E-state index in [1.165, 1.54) is 12.1 Å². The average Bonchev–Trinajstić information content (AvgIpc) is 2.72. The second-order valence-electron chi connectivity index (χ2n) is 4.71. The van der Waals surface area contributed by atoms with Crippen molar-refractivity contribution in [2.75, 3.05) is 11.9 Å². The van der Waals surface area contributed by atoms with Crippen molar-refractivity contribution < 1.29 is 13.5 Å². The highest BCUT2D eigenvalue weighted by Gasteiger charge is 2.24. The molecule has 1 aromatic rings. The molecule has 5 nitrogen and oxygen atoms in total. The molecular weight excluding hydrogens is 252 g/mol. The Hall–Kier alpha value is -1.11. The van der Waals surface area contributed by atoms with E-state index in [1.54, 1.807) is 12.1 Å². The first kappa shape index (κ1) is 13.3. The van der Waals surface area contributed by atoms with Gasteiger partial charge >= 0.3 is 0 Å². The second kappa shape index (κ2) is 5.26. The summed E-state index contributed by atoms with van der Waals surface area (Å²) in [6.45, 7) is 0.704. The second-order valence-corrected chi connectivity index (χ2v) is 6.27. The van der Waals surface area contributed by atoms with Gasteiger partial charge in [-0.25, -0.2) is 13.6 Å². The van der Waals surface area contributed by atoms with E-state index in [9.17, 15) is 13.5 Å². The number of hydrogen-bond acceptors (Lipinski definition) is 4. The molecule has 0 saturated heterocycles. The summed E-state index contributed by atoms with van der Waals surface area (Å²) in [5, 5.41) is 17.9. The average molecular weight is 270 g/mol. The third-order valence-corrected chi connectivity index (χ3v) is 4.30. The summed E-state index contributed by atoms with van der Waals surface area (Å²) in [7, 11) is -3.63. The van der Waals surface area contributed by atoms with Crippen LogP contribution in [0.1, 0.15) is 19.3 Å². The van der Waals surface area contributed by atoms with Crippen molar-refractivity contribution in [1.29, 1.82) is 0 Å². The van der Waals surface area contributed by atoms with Crippen LogP contribution in [-0.4, -0.2) is 26.2 Å². The Balaban J connectivity index is 1.94. The Bertz CT molecular complexity index is 499. The van der Waals surface area contributed by atoms with Crippen LogP contribution in [0.3, 0.4) is 0 Å². The molecule has 0 spiro atoms. The zero-order chi connectivity index (χ0) is 13.2. The SMILES string of the molecule is NS(=O)(=O)c1ccc(NCC2CCCC2O)cc1. The maximum absolute atomic E-state index is 11.1. The summed E-state index contributed by atoms with van der Waals surface area (Å²) in [6.07, 6.45) is 2.75. The maximum Gasteiger partial charge on any atom is 0.238 e. The molecule has 1 aliphatic rings. The Morgan fingerprint density at radius 3 is 2.44 bits per heavy atom. The first-order chi connectivity index (χ1) is 8.47. The highest BCUT2D eigenvalue weighted by Crippen LogP contribution is 2.25. The van der Waals surface area contributed by atoms with E-state index in [4.69, 9.17) is 5.14 Å². The first-order valence-electron chi connectivity index (χ1n) is 6.01. The minimum absolute atomic E-state index is 0.106. The molecule has 6 heteroatoms. The number of sulfonamides is 1. The van der Waals surface area contributed by atoms with Crippen LogP contribution in [-0.2, 0) is 10.0 Å². The van der Waals surface area contributed by atoms with Gasteiger partial charge in [0, 0.05) is 18.2 Å². The summed E-state index contributed by atoms with van der Waals surface area (Å²) >= 11 is 0. The van der Waals surface area contributed by atoms with Gasteiger partial charge in [-0.05, 0) is 37.1 Å². The minimum atomic E-state index is -3.63. The summed E-state index contributed by atoms with van der Waals surface area (Å²) < 4.78 is 22.2. The lowest BCUT2D eigenvalue weighted by Crippen LogP contribution is -2.21. The smallest absolute Gasteiger partial charge is 0.238 e. The highest BCUT2D eigenvalue weighted by molar-refractivity contribution is 7.89. The van der Waals surface area contributed by atoms with E-state index in [2.05, 4.69) is 5.32 Å². The number of nitrogens with one attached hydrogen (secondary N) is 1. The molecule has 0 radical (unpaired) electrons. The molecule has 0 bridgehead atoms. The minimum Gasteiger partial charge on any atom is -0.393 e. The van der Waals surface area contributed by atoms with Crippen molar-refractivity contribution in [3.8, 4) is 0 Å². The standard InChI is InChI=1S/C12H18N2O3S/c13-18(16,17)11-6-4-10(5-7-11)14-8-9-2-1-3-12(9)15/h4-7,9,12,14-15H,1-3,8H2,(H2,13,16,17). The topological polar surface area (TPSA) is 92.4 Å². The number of benzene rings is 1. The maximum atomic E-state index is 11.1. The van der Waals surface area contributed by atoms with Crippen LogP contribution < -0.4 is 10.5 Å². The van der Waals surface area contributed by atoms with Crippen LogP contribution >= 0.6 is 0 Å². The van der Waals surface area contributed by atoms with Crippen LogP contribution in [0.5, 0.6) is 0 Å². The number of nitrogens with two attached hydrogens (primary N) is 1. The molecule has 18 heavy (non-hydrogen) atoms. The van der Waals surface area contributed by atoms with Crippen molar-refractivity contribution in [3.63, 3.8) is 0 Å². The van der Waals surface area contributed by atoms with Gasteiger partial charge in [0.2, 0.25) is 10.0 Å². The van der Waals surface area contributed by atoms with Gasteiger partial charge < -0.3 is 10.4 Å². The van der Waals surface area contributed by atoms with Gasteiger partial charge in [-0.1, -0.05) is 6.42 Å². The van der Waals surface area contributed by atoms with Crippen LogP contribution in [0, 0.1) is 5.92 Å². The zero-order valence-corrected chi connectivity index (χ0v) is 10.9. The molecule has 1 aromatic carbocycles. The molecule has 4 N–H and O–H groups in total. The number of hydrogen-bond donors (Lipinski definition) is 3. The van der Waals surface area contributed by atoms with Gasteiger partial charge in [-0.3, -0.25) is 0 Å². The van der Waals surface area contributed by atoms with Crippen molar-refractivity contribution in [1.82, 2.24) is 0 Å². The Morgan fingerprint density at radius 2 is 1.94 bits per heavy atom. The monoisotopic (exact) mass is 270 g/mol. The van der Waals surface area contributed by atoms with E-state index in [1.807, 2.05) is 0 Å². The lowest BCUT2D eigenvalue weighted by atomic mass is 10.1. The van der Waals surface area contributed by atoms with Crippen LogP contribution in [0.4, 0.5) is 5.69 Å². The lowest BCUT2D eigenvalue weighted by Gasteiger charge is -2.16. The molecule has 0 aromatic heterocycles. The van der Waals surface area contributed by atoms with E-state index in [-0.39, 0.29) is 16.9 Å². The van der Waals surface area contributed by atoms with Crippen molar-refractivity contribution in [3.05, 3.63) is 24.3 Å². The predicted molar refractivity (Wildman–Crippen MR) is 69.7 cm³/mol. The third kappa shape index (κ3) is 3.22. The predicted octanol–water partition coefficient (Wildman–Crippen LogP) is 0.907. The van der Waals surface area contributed by atoms with Gasteiger partial charge in [0.25, 0.3) is 0 Å². The van der Waals surface area contributed by atoms with Crippen molar-refractivity contribution >= 4 is 15.7 Å². The summed E-state index contributed by atoms with van der Waals surface area (Å²) in [5.41, 5.74) is 0.835. The van der Waals surface area contributed by atoms with Gasteiger partial charge in [0.05, 0.1) is 11.0 Å². The van der Waals surface area contributed by atoms with Gasteiger partial charge in [0.15, 0.2) is 0 Å². The molecule has 1 saturated carbocycles. The fraction of sp³-hybridized carbons (Fsp3) is 0.500. The fourth-order valence-electron chi connectivity index (χ4n) is 2.27. The van der Waals surface area contributed by atoms with Crippen molar-refractivity contribution in [2.24, 2.45) is 11.1 Å². The van der Waals surface area contributed by atoms with E-state index in [0.29, 0.717) is 6.54 Å². The van der Waals surface area contributed by atoms with Crippen LogP contribution in [0.15, 0.2) is 29.2 Å². The molecule has 2 atom stereocenters. The molecule has 100 valence electrons. The fourth-order valence-corrected chi connectivity index (χ4v) is 2.78. The Morgan fingerprint density at radius 1 is 1.28 bits per heavy atom. The van der Waals surface area contributed by atoms with E-state index >= 15 is 0 Å². The van der Waals surface area contributed by atoms with Gasteiger partial charge in [-0.15, -0.1) is 0 Å². The highest BCUT2D eigenvalue weighted by atomic mass is 32.2. The first-order valence-corrected chi connectivity index (χ1v) is 7.56.